The molecule has 0 aliphatic heterocycles. The first-order chi connectivity index (χ1) is 12.7. The zero-order valence-electron chi connectivity index (χ0n) is 14.3. The third-order valence-corrected chi connectivity index (χ3v) is 5.42. The monoisotopic (exact) mass is 409 g/mol. The van der Waals surface area contributed by atoms with Crippen molar-refractivity contribution in [1.29, 1.82) is 0 Å². The van der Waals surface area contributed by atoms with Crippen LogP contribution in [0.2, 0.25) is 5.02 Å². The molecule has 0 spiro atoms. The molecule has 0 saturated carbocycles. The summed E-state index contributed by atoms with van der Waals surface area (Å²) in [6.07, 6.45) is 3.72. The Morgan fingerprint density at radius 1 is 1.00 bits per heavy atom. The van der Waals surface area contributed by atoms with Gasteiger partial charge < -0.3 is 4.74 Å². The molecule has 0 radical (unpaired) electrons. The molecule has 2 aromatic carbocycles. The summed E-state index contributed by atoms with van der Waals surface area (Å²) in [5.41, 5.74) is 1.42. The Bertz CT molecular complexity index is 1130. The predicted molar refractivity (Wildman–Crippen MR) is 99.7 cm³/mol. The highest BCUT2D eigenvalue weighted by molar-refractivity contribution is 7.90. The molecule has 0 atom stereocenters. The zero-order chi connectivity index (χ0) is 19.8. The highest BCUT2D eigenvalue weighted by Gasteiger charge is 2.20. The topological polar surface area (TPSA) is 56.3 Å². The van der Waals surface area contributed by atoms with Crippen molar-refractivity contribution in [2.75, 3.05) is 13.4 Å². The summed E-state index contributed by atoms with van der Waals surface area (Å²) < 4.78 is 57.4. The Morgan fingerprint density at radius 2 is 1.74 bits per heavy atom. The summed E-state index contributed by atoms with van der Waals surface area (Å²) >= 11 is 6.04. The Labute approximate surface area is 160 Å². The number of rotatable bonds is 4. The normalized spacial score (nSPS) is 11.4. The van der Waals surface area contributed by atoms with Gasteiger partial charge in [0.25, 0.3) is 0 Å². The number of halogens is 3. The van der Waals surface area contributed by atoms with Crippen molar-refractivity contribution in [3.63, 3.8) is 0 Å². The van der Waals surface area contributed by atoms with Crippen molar-refractivity contribution >= 4 is 21.4 Å². The van der Waals surface area contributed by atoms with Gasteiger partial charge in [-0.25, -0.2) is 17.2 Å². The Kier molecular flexibility index (Phi) is 5.17. The molecule has 0 fully saturated rings. The number of hydrogen-bond donors (Lipinski definition) is 0. The lowest BCUT2D eigenvalue weighted by Gasteiger charge is -2.13. The van der Waals surface area contributed by atoms with E-state index >= 15 is 0 Å². The maximum Gasteiger partial charge on any atom is 0.178 e. The van der Waals surface area contributed by atoms with Gasteiger partial charge in [0.2, 0.25) is 0 Å². The molecule has 3 rings (SSSR count). The average Bonchev–Trinajstić information content (AvgIpc) is 2.63. The largest absolute Gasteiger partial charge is 0.495 e. The number of aromatic nitrogens is 1. The van der Waals surface area contributed by atoms with Gasteiger partial charge in [0, 0.05) is 29.8 Å². The minimum Gasteiger partial charge on any atom is -0.495 e. The number of sulfone groups is 1. The first-order valence-electron chi connectivity index (χ1n) is 7.69. The van der Waals surface area contributed by atoms with Gasteiger partial charge in [0.15, 0.2) is 9.84 Å². The van der Waals surface area contributed by atoms with E-state index in [0.717, 1.165) is 12.3 Å². The van der Waals surface area contributed by atoms with E-state index in [-0.39, 0.29) is 5.56 Å². The van der Waals surface area contributed by atoms with Crippen molar-refractivity contribution in [1.82, 2.24) is 4.98 Å². The summed E-state index contributed by atoms with van der Waals surface area (Å²) in [5.74, 6) is -1.47. The maximum absolute atomic E-state index is 14.6. The molecule has 0 saturated heterocycles. The molecule has 140 valence electrons. The molecule has 0 aliphatic rings. The minimum absolute atomic E-state index is 0.100. The van der Waals surface area contributed by atoms with Crippen molar-refractivity contribution in [3.8, 4) is 28.0 Å². The fourth-order valence-electron chi connectivity index (χ4n) is 2.71. The summed E-state index contributed by atoms with van der Waals surface area (Å²) in [7, 11) is -2.42. The highest BCUT2D eigenvalue weighted by Crippen LogP contribution is 2.37. The van der Waals surface area contributed by atoms with E-state index < -0.39 is 26.4 Å². The molecule has 3 aromatic rings. The molecule has 1 aromatic heterocycles. The molecule has 8 heteroatoms. The SMILES string of the molecule is COc1cc(-c2ccncc2-c2cc(F)c(S(C)(=O)=O)cc2F)ccc1Cl. The lowest BCUT2D eigenvalue weighted by atomic mass is 9.96. The van der Waals surface area contributed by atoms with Crippen LogP contribution in [0.25, 0.3) is 22.3 Å². The minimum atomic E-state index is -3.89. The van der Waals surface area contributed by atoms with Crippen LogP contribution in [0, 0.1) is 11.6 Å². The Hall–Kier alpha value is -2.51. The molecular weight excluding hydrogens is 396 g/mol. The molecule has 27 heavy (non-hydrogen) atoms. The third kappa shape index (κ3) is 3.79. The van der Waals surface area contributed by atoms with Crippen LogP contribution in [0.4, 0.5) is 8.78 Å². The predicted octanol–water partition coefficient (Wildman–Crippen LogP) is 4.76. The average molecular weight is 410 g/mol. The van der Waals surface area contributed by atoms with Crippen molar-refractivity contribution < 1.29 is 21.9 Å². The fraction of sp³-hybridized carbons (Fsp3) is 0.105. The van der Waals surface area contributed by atoms with Crippen molar-refractivity contribution in [2.24, 2.45) is 0 Å². The van der Waals surface area contributed by atoms with Gasteiger partial charge in [-0.3, -0.25) is 4.98 Å². The lowest BCUT2D eigenvalue weighted by molar-refractivity contribution is 0.415. The van der Waals surface area contributed by atoms with Gasteiger partial charge in [0.05, 0.1) is 12.1 Å². The summed E-state index contributed by atoms with van der Waals surface area (Å²) in [6, 6.07) is 8.19. The van der Waals surface area contributed by atoms with Crippen LogP contribution in [-0.4, -0.2) is 26.8 Å². The second-order valence-corrected chi connectivity index (χ2v) is 8.20. The smallest absolute Gasteiger partial charge is 0.178 e. The number of ether oxygens (including phenoxy) is 1. The van der Waals surface area contributed by atoms with Gasteiger partial charge in [-0.2, -0.15) is 0 Å². The zero-order valence-corrected chi connectivity index (χ0v) is 15.9. The van der Waals surface area contributed by atoms with Crippen LogP contribution in [0.3, 0.4) is 0 Å². The summed E-state index contributed by atoms with van der Waals surface area (Å²) in [6.45, 7) is 0. The van der Waals surface area contributed by atoms with Gasteiger partial charge >= 0.3 is 0 Å². The number of benzene rings is 2. The summed E-state index contributed by atoms with van der Waals surface area (Å²) in [5, 5.41) is 0.409. The fourth-order valence-corrected chi connectivity index (χ4v) is 3.63. The van der Waals surface area contributed by atoms with Gasteiger partial charge in [-0.05, 0) is 41.5 Å². The number of pyridine rings is 1. The molecular formula is C19H14ClF2NO3S. The molecule has 0 amide bonds. The maximum atomic E-state index is 14.6. The second-order valence-electron chi connectivity index (χ2n) is 5.81. The van der Waals surface area contributed by atoms with Gasteiger partial charge in [0.1, 0.15) is 22.3 Å². The van der Waals surface area contributed by atoms with Crippen LogP contribution < -0.4 is 4.74 Å². The molecule has 1 heterocycles. The lowest BCUT2D eigenvalue weighted by Crippen LogP contribution is -2.03. The van der Waals surface area contributed by atoms with E-state index in [2.05, 4.69) is 4.98 Å². The molecule has 0 bridgehead atoms. The van der Waals surface area contributed by atoms with E-state index in [1.54, 1.807) is 24.3 Å². The van der Waals surface area contributed by atoms with Crippen LogP contribution in [0.5, 0.6) is 5.75 Å². The van der Waals surface area contributed by atoms with Gasteiger partial charge in [-0.15, -0.1) is 0 Å². The van der Waals surface area contributed by atoms with E-state index in [1.165, 1.54) is 19.5 Å². The van der Waals surface area contributed by atoms with Crippen LogP contribution in [0.1, 0.15) is 0 Å². The highest BCUT2D eigenvalue weighted by atomic mass is 35.5. The molecule has 0 aliphatic carbocycles. The van der Waals surface area contributed by atoms with Crippen LogP contribution in [-0.2, 0) is 9.84 Å². The van der Waals surface area contributed by atoms with E-state index in [1.807, 2.05) is 0 Å². The number of methoxy groups -OCH3 is 1. The van der Waals surface area contributed by atoms with E-state index in [9.17, 15) is 17.2 Å². The third-order valence-electron chi connectivity index (χ3n) is 3.99. The quantitative estimate of drug-likeness (QED) is 0.623. The van der Waals surface area contributed by atoms with Crippen LogP contribution >= 0.6 is 11.6 Å². The molecule has 4 nitrogen and oxygen atoms in total. The summed E-state index contributed by atoms with van der Waals surface area (Å²) in [4.78, 5) is 3.29. The standard InChI is InChI=1S/C19H14ClF2NO3S/c1-26-18-7-11(3-4-15(18)20)12-5-6-23-10-14(12)13-8-17(22)19(9-16(13)21)27(2,24)25/h3-10H,1-2H3. The Morgan fingerprint density at radius 3 is 2.41 bits per heavy atom. The number of nitrogens with zero attached hydrogens (tertiary/aromatic N) is 1. The number of hydrogen-bond acceptors (Lipinski definition) is 4. The van der Waals surface area contributed by atoms with E-state index in [4.69, 9.17) is 16.3 Å². The second kappa shape index (κ2) is 7.25. The van der Waals surface area contributed by atoms with Gasteiger partial charge in [-0.1, -0.05) is 17.7 Å². The Balaban J connectivity index is 2.22. The molecule has 0 unspecified atom stereocenters. The van der Waals surface area contributed by atoms with Crippen molar-refractivity contribution in [3.05, 3.63) is 65.4 Å². The van der Waals surface area contributed by atoms with Crippen molar-refractivity contribution in [2.45, 2.75) is 4.90 Å². The molecule has 0 N–H and O–H groups in total. The first kappa shape index (κ1) is 19.3. The first-order valence-corrected chi connectivity index (χ1v) is 9.96. The van der Waals surface area contributed by atoms with Crippen LogP contribution in [0.15, 0.2) is 53.7 Å². The van der Waals surface area contributed by atoms with E-state index in [0.29, 0.717) is 33.5 Å².